The van der Waals surface area contributed by atoms with Crippen LogP contribution in [0.3, 0.4) is 0 Å². The van der Waals surface area contributed by atoms with Gasteiger partial charge < -0.3 is 9.30 Å². The van der Waals surface area contributed by atoms with Gasteiger partial charge in [0.15, 0.2) is 4.34 Å². The molecule has 1 aromatic heterocycles. The number of ether oxygens (including phenoxy) is 1. The lowest BCUT2D eigenvalue weighted by Crippen LogP contribution is -2.20. The van der Waals surface area contributed by atoms with Crippen molar-refractivity contribution in [2.75, 3.05) is 17.7 Å². The van der Waals surface area contributed by atoms with E-state index in [9.17, 15) is 9.59 Å². The average molecular weight is 406 g/mol. The van der Waals surface area contributed by atoms with Crippen LogP contribution in [-0.4, -0.2) is 49.3 Å². The first kappa shape index (κ1) is 18.1. The Morgan fingerprint density at radius 2 is 2.37 bits per heavy atom. The van der Waals surface area contributed by atoms with E-state index in [-0.39, 0.29) is 17.6 Å². The van der Waals surface area contributed by atoms with Gasteiger partial charge in [-0.15, -0.1) is 10.2 Å². The standard InChI is InChI=1S/C16H18N6O3S2/c1-2-26-16-21-20-15(27-16)17-13(23)10-7-22(6-9-4-3-5-25-9)8-11-12(10)18-19-14(11)24/h7-9H,2-6H2,1H3,(H,19,24)(H,17,20,23)/t9-/m1/s1. The molecular weight excluding hydrogens is 388 g/mol. The third-order valence-electron chi connectivity index (χ3n) is 4.19. The molecule has 142 valence electrons. The molecule has 0 spiro atoms. The first-order valence-electron chi connectivity index (χ1n) is 8.61. The van der Waals surface area contributed by atoms with E-state index in [1.165, 1.54) is 11.3 Å². The molecule has 1 atom stereocenters. The Balaban J connectivity index is 1.62. The lowest BCUT2D eigenvalue weighted by atomic mass is 10.1. The second-order valence-electron chi connectivity index (χ2n) is 6.08. The van der Waals surface area contributed by atoms with Gasteiger partial charge in [-0.1, -0.05) is 30.0 Å². The number of thioether (sulfide) groups is 1. The van der Waals surface area contributed by atoms with E-state index in [2.05, 4.69) is 25.7 Å². The quantitative estimate of drug-likeness (QED) is 0.476. The van der Waals surface area contributed by atoms with Crippen LogP contribution in [0.15, 0.2) is 21.5 Å². The minimum absolute atomic E-state index is 0.0853. The molecule has 1 aromatic rings. The maximum absolute atomic E-state index is 12.8. The van der Waals surface area contributed by atoms with E-state index in [4.69, 9.17) is 4.74 Å². The number of pyridine rings is 1. The Hall–Kier alpha value is -2.24. The molecule has 0 aliphatic carbocycles. The summed E-state index contributed by atoms with van der Waals surface area (Å²) in [5.41, 5.74) is 0.705. The summed E-state index contributed by atoms with van der Waals surface area (Å²) in [6.45, 7) is 3.35. The third-order valence-corrected chi connectivity index (χ3v) is 6.05. The smallest absolute Gasteiger partial charge is 0.275 e. The van der Waals surface area contributed by atoms with Crippen LogP contribution in [-0.2, 0) is 11.3 Å². The minimum Gasteiger partial charge on any atom is -0.376 e. The molecule has 0 unspecified atom stereocenters. The van der Waals surface area contributed by atoms with E-state index in [1.54, 1.807) is 24.2 Å². The Morgan fingerprint density at radius 1 is 1.48 bits per heavy atom. The van der Waals surface area contributed by atoms with Gasteiger partial charge in [-0.2, -0.15) is 5.10 Å². The molecule has 2 N–H and O–H groups in total. The van der Waals surface area contributed by atoms with Gasteiger partial charge >= 0.3 is 0 Å². The lowest BCUT2D eigenvalue weighted by molar-refractivity contribution is 0.0961. The van der Waals surface area contributed by atoms with Gasteiger partial charge in [-0.05, 0) is 18.6 Å². The number of aromatic amines is 1. The molecular formula is C16H18N6O3S2. The van der Waals surface area contributed by atoms with Crippen molar-refractivity contribution in [3.8, 4) is 11.3 Å². The van der Waals surface area contributed by atoms with Gasteiger partial charge in [0.1, 0.15) is 5.69 Å². The summed E-state index contributed by atoms with van der Waals surface area (Å²) in [4.78, 5) is 24.9. The molecule has 0 saturated carbocycles. The Morgan fingerprint density at radius 3 is 3.15 bits per heavy atom. The maximum atomic E-state index is 12.8. The van der Waals surface area contributed by atoms with Crippen LogP contribution in [0, 0.1) is 0 Å². The summed E-state index contributed by atoms with van der Waals surface area (Å²) in [6, 6.07) is 0. The van der Waals surface area contributed by atoms with Gasteiger partial charge in [0.25, 0.3) is 11.5 Å². The SMILES string of the molecule is CCSc1nnc(NC(=O)c2cn(C[C@H]3CCCO3)cc3c(=O)[nH]nc2-3)s1. The molecule has 4 rings (SSSR count). The maximum Gasteiger partial charge on any atom is 0.275 e. The number of hydrogen-bond donors (Lipinski definition) is 2. The molecule has 1 fully saturated rings. The van der Waals surface area contributed by atoms with Gasteiger partial charge in [0, 0.05) is 25.5 Å². The van der Waals surface area contributed by atoms with E-state index >= 15 is 0 Å². The number of amides is 1. The highest BCUT2D eigenvalue weighted by atomic mass is 32.2. The highest BCUT2D eigenvalue weighted by molar-refractivity contribution is 8.01. The summed E-state index contributed by atoms with van der Waals surface area (Å²) in [5.74, 6) is 0.502. The van der Waals surface area contributed by atoms with Crippen LogP contribution in [0.5, 0.6) is 0 Å². The number of aromatic nitrogens is 5. The fourth-order valence-electron chi connectivity index (χ4n) is 2.99. The van der Waals surface area contributed by atoms with Crippen LogP contribution < -0.4 is 10.9 Å². The zero-order chi connectivity index (χ0) is 18.8. The summed E-state index contributed by atoms with van der Waals surface area (Å²) < 4.78 is 8.28. The number of H-pyrrole nitrogens is 1. The Kier molecular flexibility index (Phi) is 5.23. The van der Waals surface area contributed by atoms with Gasteiger partial charge in [-0.3, -0.25) is 14.9 Å². The van der Waals surface area contributed by atoms with Crippen molar-refractivity contribution in [3.05, 3.63) is 28.3 Å². The predicted molar refractivity (Wildman–Crippen MR) is 103 cm³/mol. The molecule has 0 bridgehead atoms. The van der Waals surface area contributed by atoms with E-state index in [0.717, 1.165) is 29.5 Å². The fraction of sp³-hybridized carbons (Fsp3) is 0.438. The molecule has 0 aromatic carbocycles. The van der Waals surface area contributed by atoms with Crippen LogP contribution in [0.1, 0.15) is 30.1 Å². The number of fused-ring (bicyclic) bond motifs is 1. The van der Waals surface area contributed by atoms with Crippen LogP contribution in [0.2, 0.25) is 0 Å². The van der Waals surface area contributed by atoms with E-state index in [1.807, 2.05) is 11.5 Å². The van der Waals surface area contributed by atoms with E-state index < -0.39 is 0 Å². The summed E-state index contributed by atoms with van der Waals surface area (Å²) in [6.07, 6.45) is 5.48. The van der Waals surface area contributed by atoms with Gasteiger partial charge in [0.2, 0.25) is 5.13 Å². The number of nitrogens with one attached hydrogen (secondary N) is 2. The van der Waals surface area contributed by atoms with Crippen LogP contribution in [0.4, 0.5) is 5.13 Å². The largest absolute Gasteiger partial charge is 0.376 e. The average Bonchev–Trinajstić information content (AvgIpc) is 3.38. The lowest BCUT2D eigenvalue weighted by Gasteiger charge is -2.15. The van der Waals surface area contributed by atoms with Crippen molar-refractivity contribution in [3.63, 3.8) is 0 Å². The van der Waals surface area contributed by atoms with E-state index in [0.29, 0.717) is 28.5 Å². The van der Waals surface area contributed by atoms with Crippen molar-refractivity contribution in [2.45, 2.75) is 36.8 Å². The second kappa shape index (κ2) is 7.79. The number of carbonyl (C=O) groups is 1. The van der Waals surface area contributed by atoms with Crippen LogP contribution >= 0.6 is 23.1 Å². The fourth-order valence-corrected chi connectivity index (χ4v) is 4.64. The molecule has 4 heterocycles. The topological polar surface area (TPSA) is 115 Å². The Labute approximate surface area is 162 Å². The molecule has 3 aliphatic rings. The first-order valence-corrected chi connectivity index (χ1v) is 10.4. The highest BCUT2D eigenvalue weighted by Crippen LogP contribution is 2.27. The number of hydrogen-bond acceptors (Lipinski definition) is 8. The second-order valence-corrected chi connectivity index (χ2v) is 8.57. The van der Waals surface area contributed by atoms with Gasteiger partial charge in [0.05, 0.1) is 17.2 Å². The van der Waals surface area contributed by atoms with Crippen molar-refractivity contribution >= 4 is 34.1 Å². The monoisotopic (exact) mass is 406 g/mol. The molecule has 9 nitrogen and oxygen atoms in total. The van der Waals surface area contributed by atoms with Crippen molar-refractivity contribution in [2.24, 2.45) is 0 Å². The predicted octanol–water partition coefficient (Wildman–Crippen LogP) is 2.07. The third kappa shape index (κ3) is 3.89. The summed E-state index contributed by atoms with van der Waals surface area (Å²) in [7, 11) is 0. The number of anilines is 1. The normalized spacial score (nSPS) is 16.9. The van der Waals surface area contributed by atoms with Crippen molar-refractivity contribution in [1.82, 2.24) is 25.0 Å². The molecule has 1 saturated heterocycles. The zero-order valence-corrected chi connectivity index (χ0v) is 16.2. The minimum atomic E-state index is -0.377. The molecule has 27 heavy (non-hydrogen) atoms. The molecule has 3 aliphatic heterocycles. The van der Waals surface area contributed by atoms with Gasteiger partial charge in [-0.25, -0.2) is 5.10 Å². The van der Waals surface area contributed by atoms with Crippen molar-refractivity contribution < 1.29 is 9.53 Å². The first-order chi connectivity index (χ1) is 13.1. The van der Waals surface area contributed by atoms with Crippen molar-refractivity contribution in [1.29, 1.82) is 0 Å². The highest BCUT2D eigenvalue weighted by Gasteiger charge is 2.24. The Bertz CT molecular complexity index is 975. The number of carbonyl (C=O) groups excluding carboxylic acids is 1. The molecule has 0 radical (unpaired) electrons. The zero-order valence-electron chi connectivity index (χ0n) is 14.6. The summed E-state index contributed by atoms with van der Waals surface area (Å²) in [5, 5.41) is 17.6. The molecule has 11 heteroatoms. The summed E-state index contributed by atoms with van der Waals surface area (Å²) >= 11 is 2.88. The number of rotatable bonds is 6. The molecule has 1 amide bonds. The number of nitrogens with zero attached hydrogens (tertiary/aromatic N) is 4. The van der Waals surface area contributed by atoms with Crippen LogP contribution in [0.25, 0.3) is 11.3 Å².